The molecular weight excluding hydrogens is 453 g/mol. The zero-order chi connectivity index (χ0) is 19.1. The summed E-state index contributed by atoms with van der Waals surface area (Å²) in [5.74, 6) is -0.405. The Hall–Kier alpha value is -1.94. The molecule has 0 spiro atoms. The van der Waals surface area contributed by atoms with Gasteiger partial charge in [-0.2, -0.15) is 0 Å². The second-order valence-corrected chi connectivity index (χ2v) is 7.67. The first-order valence-corrected chi connectivity index (χ1v) is 8.95. The quantitative estimate of drug-likeness (QED) is 0.381. The van der Waals surface area contributed by atoms with E-state index in [1.54, 1.807) is 19.9 Å². The fourth-order valence-corrected chi connectivity index (χ4v) is 4.08. The van der Waals surface area contributed by atoms with Crippen molar-refractivity contribution in [1.82, 2.24) is 4.98 Å². The Kier molecular flexibility index (Phi) is 5.07. The summed E-state index contributed by atoms with van der Waals surface area (Å²) in [6.45, 7) is 3.59. The predicted molar refractivity (Wildman–Crippen MR) is 101 cm³/mol. The maximum atomic E-state index is 12.5. The molecule has 1 aliphatic carbocycles. The molecular formula is C18H18INO6. The van der Waals surface area contributed by atoms with Crippen molar-refractivity contribution in [3.8, 4) is 0 Å². The van der Waals surface area contributed by atoms with Crippen molar-refractivity contribution in [2.75, 3.05) is 21.0 Å². The van der Waals surface area contributed by atoms with Crippen LogP contribution in [0.5, 0.6) is 0 Å². The lowest BCUT2D eigenvalue weighted by atomic mass is 9.87. The van der Waals surface area contributed by atoms with Crippen LogP contribution in [-0.2, 0) is 18.9 Å². The number of allylic oxidation sites excluding steroid dienone is 2. The third kappa shape index (κ3) is 3.01. The molecule has 7 nitrogen and oxygen atoms in total. The Morgan fingerprint density at radius 2 is 1.69 bits per heavy atom. The van der Waals surface area contributed by atoms with E-state index in [1.807, 2.05) is 6.08 Å². The lowest BCUT2D eigenvalue weighted by Crippen LogP contribution is -2.26. The Balaban J connectivity index is 2.28. The molecule has 8 heteroatoms. The first-order valence-electron chi connectivity index (χ1n) is 7.87. The number of alkyl halides is 1. The van der Waals surface area contributed by atoms with E-state index in [2.05, 4.69) is 27.6 Å². The molecule has 1 aromatic heterocycles. The van der Waals surface area contributed by atoms with Crippen molar-refractivity contribution in [3.05, 3.63) is 46.0 Å². The predicted octanol–water partition coefficient (Wildman–Crippen LogP) is 3.08. The summed E-state index contributed by atoms with van der Waals surface area (Å²) in [7, 11) is 2.59. The van der Waals surface area contributed by atoms with Crippen molar-refractivity contribution >= 4 is 40.1 Å². The molecule has 1 aliphatic heterocycles. The van der Waals surface area contributed by atoms with Crippen molar-refractivity contribution < 1.29 is 28.5 Å². The van der Waals surface area contributed by atoms with Gasteiger partial charge in [-0.15, -0.1) is 0 Å². The van der Waals surface area contributed by atoms with E-state index in [0.29, 0.717) is 29.1 Å². The van der Waals surface area contributed by atoms with Crippen LogP contribution in [0.15, 0.2) is 17.9 Å². The zero-order valence-electron chi connectivity index (χ0n) is 14.8. The summed E-state index contributed by atoms with van der Waals surface area (Å²) in [6.07, 6.45) is 4.05. The van der Waals surface area contributed by atoms with Crippen LogP contribution in [-0.4, -0.2) is 41.5 Å². The molecule has 1 saturated heterocycles. The van der Waals surface area contributed by atoms with Gasteiger partial charge in [0, 0.05) is 12.0 Å². The summed E-state index contributed by atoms with van der Waals surface area (Å²) < 4.78 is 20.4. The van der Waals surface area contributed by atoms with E-state index >= 15 is 0 Å². The number of carbonyl (C=O) groups is 2. The molecule has 1 unspecified atom stereocenters. The number of methoxy groups -OCH3 is 2. The summed E-state index contributed by atoms with van der Waals surface area (Å²) in [4.78, 5) is 29.3. The fourth-order valence-electron chi connectivity index (χ4n) is 3.20. The average Bonchev–Trinajstić information content (AvgIpc) is 3.00. The number of pyridine rings is 1. The number of carbonyl (C=O) groups excluding carboxylic acids is 2. The molecule has 0 saturated carbocycles. The minimum atomic E-state index is -0.673. The largest absolute Gasteiger partial charge is 0.468 e. The van der Waals surface area contributed by atoms with Gasteiger partial charge < -0.3 is 18.9 Å². The van der Waals surface area contributed by atoms with E-state index in [-0.39, 0.29) is 17.9 Å². The van der Waals surface area contributed by atoms with Crippen molar-refractivity contribution in [2.24, 2.45) is 0 Å². The molecule has 1 atom stereocenters. The van der Waals surface area contributed by atoms with Gasteiger partial charge in [-0.1, -0.05) is 6.08 Å². The van der Waals surface area contributed by atoms with Gasteiger partial charge in [0.05, 0.1) is 36.7 Å². The SMILES string of the molecule is COC(=O)c1c(C)nc(C)c(C(=O)OC)c1C1=CC=C2OCOC2(I)C1. The Bertz CT molecular complexity index is 819. The van der Waals surface area contributed by atoms with Gasteiger partial charge in [0.2, 0.25) is 0 Å². The topological polar surface area (TPSA) is 84.0 Å². The maximum Gasteiger partial charge on any atom is 0.340 e. The highest BCUT2D eigenvalue weighted by Crippen LogP contribution is 2.47. The van der Waals surface area contributed by atoms with Crippen LogP contribution < -0.4 is 0 Å². The van der Waals surface area contributed by atoms with Gasteiger partial charge in [0.25, 0.3) is 0 Å². The summed E-state index contributed by atoms with van der Waals surface area (Å²) >= 11 is 2.17. The summed E-state index contributed by atoms with van der Waals surface area (Å²) in [5.41, 5.74) is 2.69. The number of hydrogen-bond acceptors (Lipinski definition) is 7. The molecule has 1 fully saturated rings. The average molecular weight is 471 g/mol. The zero-order valence-corrected chi connectivity index (χ0v) is 17.0. The number of rotatable bonds is 3. The Morgan fingerprint density at radius 1 is 1.12 bits per heavy atom. The highest BCUT2D eigenvalue weighted by atomic mass is 127. The smallest absolute Gasteiger partial charge is 0.340 e. The normalized spacial score (nSPS) is 21.3. The van der Waals surface area contributed by atoms with Crippen LogP contribution >= 0.6 is 22.6 Å². The van der Waals surface area contributed by atoms with E-state index in [9.17, 15) is 9.59 Å². The molecule has 0 bridgehead atoms. The van der Waals surface area contributed by atoms with Crippen molar-refractivity contribution in [1.29, 1.82) is 0 Å². The van der Waals surface area contributed by atoms with Crippen LogP contribution in [0, 0.1) is 13.8 Å². The molecule has 0 amide bonds. The van der Waals surface area contributed by atoms with Crippen LogP contribution in [0.25, 0.3) is 5.57 Å². The molecule has 138 valence electrons. The van der Waals surface area contributed by atoms with Crippen molar-refractivity contribution in [2.45, 2.75) is 23.9 Å². The number of aromatic nitrogens is 1. The van der Waals surface area contributed by atoms with Crippen LogP contribution in [0.4, 0.5) is 0 Å². The molecule has 3 rings (SSSR count). The first kappa shape index (κ1) is 18.8. The summed E-state index contributed by atoms with van der Waals surface area (Å²) in [5, 5.41) is 0. The van der Waals surface area contributed by atoms with Crippen molar-refractivity contribution in [3.63, 3.8) is 0 Å². The van der Waals surface area contributed by atoms with Gasteiger partial charge in [-0.3, -0.25) is 4.98 Å². The molecule has 2 aliphatic rings. The number of ether oxygens (including phenoxy) is 4. The molecule has 2 heterocycles. The fraction of sp³-hybridized carbons (Fsp3) is 0.389. The Morgan fingerprint density at radius 3 is 2.23 bits per heavy atom. The van der Waals surface area contributed by atoms with E-state index in [0.717, 1.165) is 5.57 Å². The standard InChI is InChI=1S/C18H18INO6/c1-9-13(16(21)23-3)15(14(10(2)20-9)17(22)24-4)11-5-6-12-18(19,7-11)26-8-25-12/h5-6H,7-8H2,1-4H3. The van der Waals surface area contributed by atoms with Gasteiger partial charge in [0.1, 0.15) is 5.76 Å². The number of halogens is 1. The van der Waals surface area contributed by atoms with Crippen LogP contribution in [0.1, 0.15) is 44.1 Å². The lowest BCUT2D eigenvalue weighted by Gasteiger charge is -2.27. The molecule has 26 heavy (non-hydrogen) atoms. The van der Waals surface area contributed by atoms with Gasteiger partial charge >= 0.3 is 11.9 Å². The lowest BCUT2D eigenvalue weighted by molar-refractivity contribution is 0.0450. The van der Waals surface area contributed by atoms with E-state index in [1.165, 1.54) is 14.2 Å². The summed E-state index contributed by atoms with van der Waals surface area (Å²) in [6, 6.07) is 0. The van der Waals surface area contributed by atoms with Crippen LogP contribution in [0.3, 0.4) is 0 Å². The number of aryl methyl sites for hydroxylation is 2. The minimum absolute atomic E-state index is 0.165. The molecule has 0 radical (unpaired) electrons. The highest BCUT2D eigenvalue weighted by molar-refractivity contribution is 14.1. The minimum Gasteiger partial charge on any atom is -0.468 e. The van der Waals surface area contributed by atoms with Crippen LogP contribution in [0.2, 0.25) is 0 Å². The number of esters is 2. The molecule has 0 aromatic carbocycles. The third-order valence-electron chi connectivity index (χ3n) is 4.38. The second-order valence-electron chi connectivity index (χ2n) is 5.93. The maximum absolute atomic E-state index is 12.5. The Labute approximate surface area is 164 Å². The van der Waals surface area contributed by atoms with E-state index in [4.69, 9.17) is 18.9 Å². The molecule has 0 N–H and O–H groups in total. The second kappa shape index (κ2) is 6.99. The van der Waals surface area contributed by atoms with Gasteiger partial charge in [0.15, 0.2) is 10.4 Å². The third-order valence-corrected chi connectivity index (χ3v) is 5.61. The highest BCUT2D eigenvalue weighted by Gasteiger charge is 2.43. The monoisotopic (exact) mass is 471 g/mol. The van der Waals surface area contributed by atoms with Gasteiger partial charge in [-0.25, -0.2) is 9.59 Å². The number of nitrogens with zero attached hydrogens (tertiary/aromatic N) is 1. The number of hydrogen-bond donors (Lipinski definition) is 0. The molecule has 1 aromatic rings. The number of fused-ring (bicyclic) bond motifs is 1. The van der Waals surface area contributed by atoms with E-state index < -0.39 is 15.5 Å². The van der Waals surface area contributed by atoms with Gasteiger partial charge in [-0.05, 0) is 48.1 Å². The first-order chi connectivity index (χ1) is 12.3.